The first-order valence-electron chi connectivity index (χ1n) is 15.6. The van der Waals surface area contributed by atoms with Crippen LogP contribution in [0.15, 0.2) is 66.7 Å². The SMILES string of the molecule is CCCCCCN(C(=O)C(NC(=O)OC(C)(C)C)C(C)CC)C(C(=O)Nc1ccc2ccccc2c1)c1cccc(C)c1. The van der Waals surface area contributed by atoms with Gasteiger partial charge < -0.3 is 20.3 Å². The fourth-order valence-corrected chi connectivity index (χ4v) is 5.16. The summed E-state index contributed by atoms with van der Waals surface area (Å²) in [6, 6.07) is 19.8. The lowest BCUT2D eigenvalue weighted by atomic mass is 9.95. The van der Waals surface area contributed by atoms with E-state index in [9.17, 15) is 14.4 Å². The van der Waals surface area contributed by atoms with E-state index in [2.05, 4.69) is 17.6 Å². The van der Waals surface area contributed by atoms with E-state index in [0.717, 1.165) is 47.6 Å². The van der Waals surface area contributed by atoms with Crippen molar-refractivity contribution in [2.24, 2.45) is 5.92 Å². The summed E-state index contributed by atoms with van der Waals surface area (Å²) in [5.41, 5.74) is 1.66. The third-order valence-electron chi connectivity index (χ3n) is 7.62. The van der Waals surface area contributed by atoms with Gasteiger partial charge in [0.1, 0.15) is 17.7 Å². The van der Waals surface area contributed by atoms with Crippen molar-refractivity contribution in [1.29, 1.82) is 0 Å². The zero-order chi connectivity index (χ0) is 31.6. The summed E-state index contributed by atoms with van der Waals surface area (Å²) in [5.74, 6) is -0.776. The van der Waals surface area contributed by atoms with Crippen LogP contribution >= 0.6 is 0 Å². The van der Waals surface area contributed by atoms with Gasteiger partial charge in [-0.15, -0.1) is 0 Å². The standard InChI is InChI=1S/C36H49N3O4/c1-8-10-11-14-22-39(34(41)31(26(4)9-2)38-35(42)43-36(5,6)7)32(29-19-15-16-25(3)23-29)33(40)37-30-21-20-27-17-12-13-18-28(27)24-30/h12-13,15-21,23-24,26,31-32H,8-11,14,22H2,1-7H3,(H,37,40)(H,38,42). The van der Waals surface area contributed by atoms with Crippen molar-refractivity contribution in [2.75, 3.05) is 11.9 Å². The van der Waals surface area contributed by atoms with Crippen LogP contribution in [-0.4, -0.2) is 41.0 Å². The van der Waals surface area contributed by atoms with Crippen LogP contribution in [0.3, 0.4) is 0 Å². The first kappa shape index (κ1) is 33.6. The lowest BCUT2D eigenvalue weighted by Gasteiger charge is -2.36. The molecule has 3 aromatic rings. The van der Waals surface area contributed by atoms with Crippen LogP contribution in [0.1, 0.15) is 90.8 Å². The van der Waals surface area contributed by atoms with Crippen molar-refractivity contribution < 1.29 is 19.1 Å². The lowest BCUT2D eigenvalue weighted by molar-refractivity contribution is -0.142. The summed E-state index contributed by atoms with van der Waals surface area (Å²) in [6.07, 6.45) is 3.77. The van der Waals surface area contributed by atoms with E-state index in [1.54, 1.807) is 25.7 Å². The number of aryl methyl sites for hydroxylation is 1. The number of anilines is 1. The maximum atomic E-state index is 14.5. The molecule has 0 saturated carbocycles. The molecule has 0 saturated heterocycles. The number of fused-ring (bicyclic) bond motifs is 1. The van der Waals surface area contributed by atoms with Gasteiger partial charge in [0.2, 0.25) is 5.91 Å². The highest BCUT2D eigenvalue weighted by Crippen LogP contribution is 2.28. The minimum absolute atomic E-state index is 0.181. The molecule has 7 nitrogen and oxygen atoms in total. The Bertz CT molecular complexity index is 1380. The van der Waals surface area contributed by atoms with Gasteiger partial charge in [-0.2, -0.15) is 0 Å². The monoisotopic (exact) mass is 587 g/mol. The molecule has 0 aliphatic heterocycles. The number of benzene rings is 3. The molecule has 0 radical (unpaired) electrons. The molecule has 0 spiro atoms. The fraction of sp³-hybridized carbons (Fsp3) is 0.472. The molecule has 0 bridgehead atoms. The molecule has 3 rings (SSSR count). The molecule has 0 fully saturated rings. The number of carbonyl (C=O) groups excluding carboxylic acids is 3. The highest BCUT2D eigenvalue weighted by Gasteiger charge is 2.38. The average Bonchev–Trinajstić information content (AvgIpc) is 2.95. The third-order valence-corrected chi connectivity index (χ3v) is 7.62. The Hall–Kier alpha value is -3.87. The predicted octanol–water partition coefficient (Wildman–Crippen LogP) is 8.18. The number of ether oxygens (including phenoxy) is 1. The number of amides is 3. The first-order valence-corrected chi connectivity index (χ1v) is 15.6. The van der Waals surface area contributed by atoms with E-state index < -0.39 is 23.8 Å². The molecule has 3 amide bonds. The van der Waals surface area contributed by atoms with E-state index in [-0.39, 0.29) is 17.7 Å². The van der Waals surface area contributed by atoms with E-state index in [0.29, 0.717) is 18.7 Å². The number of alkyl carbamates (subject to hydrolysis) is 1. The molecule has 3 atom stereocenters. The van der Waals surface area contributed by atoms with Gasteiger partial charge in [0.15, 0.2) is 0 Å². The predicted molar refractivity (Wildman–Crippen MR) is 175 cm³/mol. The molecule has 232 valence electrons. The van der Waals surface area contributed by atoms with Crippen molar-refractivity contribution in [2.45, 2.75) is 98.3 Å². The van der Waals surface area contributed by atoms with Crippen LogP contribution in [0.4, 0.5) is 10.5 Å². The molecular weight excluding hydrogens is 538 g/mol. The first-order chi connectivity index (χ1) is 20.4. The van der Waals surface area contributed by atoms with E-state index in [4.69, 9.17) is 4.74 Å². The minimum Gasteiger partial charge on any atom is -0.444 e. The van der Waals surface area contributed by atoms with Gasteiger partial charge in [-0.3, -0.25) is 9.59 Å². The minimum atomic E-state index is -0.896. The van der Waals surface area contributed by atoms with Gasteiger partial charge in [-0.25, -0.2) is 4.79 Å². The Morgan fingerprint density at radius 2 is 1.60 bits per heavy atom. The highest BCUT2D eigenvalue weighted by atomic mass is 16.6. The quantitative estimate of drug-likeness (QED) is 0.197. The Labute approximate surface area is 257 Å². The molecule has 3 unspecified atom stereocenters. The summed E-state index contributed by atoms with van der Waals surface area (Å²) < 4.78 is 5.53. The number of hydrogen-bond donors (Lipinski definition) is 2. The third kappa shape index (κ3) is 9.84. The Balaban J connectivity index is 2.04. The van der Waals surface area contributed by atoms with Gasteiger partial charge in [-0.05, 0) is 68.5 Å². The topological polar surface area (TPSA) is 87.7 Å². The molecule has 3 aromatic carbocycles. The summed E-state index contributed by atoms with van der Waals surface area (Å²) in [6.45, 7) is 13.8. The summed E-state index contributed by atoms with van der Waals surface area (Å²) in [5, 5.41) is 8.04. The summed E-state index contributed by atoms with van der Waals surface area (Å²) >= 11 is 0. The van der Waals surface area contributed by atoms with Crippen LogP contribution in [0.25, 0.3) is 10.8 Å². The molecule has 0 aliphatic rings. The maximum absolute atomic E-state index is 14.5. The van der Waals surface area contributed by atoms with Crippen LogP contribution < -0.4 is 10.6 Å². The maximum Gasteiger partial charge on any atom is 0.408 e. The second-order valence-electron chi connectivity index (χ2n) is 12.5. The van der Waals surface area contributed by atoms with Crippen LogP contribution in [0.2, 0.25) is 0 Å². The van der Waals surface area contributed by atoms with Gasteiger partial charge in [-0.1, -0.05) is 107 Å². The van der Waals surface area contributed by atoms with Crippen LogP contribution in [-0.2, 0) is 14.3 Å². The summed E-state index contributed by atoms with van der Waals surface area (Å²) in [7, 11) is 0. The number of carbonyl (C=O) groups is 3. The molecular formula is C36H49N3O4. The van der Waals surface area contributed by atoms with Crippen LogP contribution in [0.5, 0.6) is 0 Å². The van der Waals surface area contributed by atoms with Gasteiger partial charge >= 0.3 is 6.09 Å². The Morgan fingerprint density at radius 3 is 2.26 bits per heavy atom. The van der Waals surface area contributed by atoms with Gasteiger partial charge in [0.05, 0.1) is 0 Å². The number of rotatable bonds is 13. The molecule has 7 heteroatoms. The van der Waals surface area contributed by atoms with Crippen LogP contribution in [0, 0.1) is 12.8 Å². The summed E-state index contributed by atoms with van der Waals surface area (Å²) in [4.78, 5) is 43.3. The fourth-order valence-electron chi connectivity index (χ4n) is 5.16. The zero-order valence-electron chi connectivity index (χ0n) is 26.9. The molecule has 2 N–H and O–H groups in total. The van der Waals surface area contributed by atoms with E-state index >= 15 is 0 Å². The molecule has 0 heterocycles. The number of hydrogen-bond acceptors (Lipinski definition) is 4. The normalized spacial score (nSPS) is 13.6. The van der Waals surface area contributed by atoms with Gasteiger partial charge in [0, 0.05) is 12.2 Å². The van der Waals surface area contributed by atoms with E-state index in [1.165, 1.54) is 0 Å². The second-order valence-corrected chi connectivity index (χ2v) is 12.5. The largest absolute Gasteiger partial charge is 0.444 e. The van der Waals surface area contributed by atoms with Crippen molar-refractivity contribution in [3.05, 3.63) is 77.9 Å². The van der Waals surface area contributed by atoms with E-state index in [1.807, 2.05) is 87.5 Å². The van der Waals surface area contributed by atoms with Crippen molar-refractivity contribution >= 4 is 34.4 Å². The number of nitrogens with zero attached hydrogens (tertiary/aromatic N) is 1. The second kappa shape index (κ2) is 15.6. The van der Waals surface area contributed by atoms with Crippen molar-refractivity contribution in [3.8, 4) is 0 Å². The average molecular weight is 588 g/mol. The van der Waals surface area contributed by atoms with Crippen molar-refractivity contribution in [1.82, 2.24) is 10.2 Å². The lowest BCUT2D eigenvalue weighted by Crippen LogP contribution is -2.55. The highest BCUT2D eigenvalue weighted by molar-refractivity contribution is 6.00. The molecule has 0 aliphatic carbocycles. The smallest absolute Gasteiger partial charge is 0.408 e. The Morgan fingerprint density at radius 1 is 0.884 bits per heavy atom. The van der Waals surface area contributed by atoms with Gasteiger partial charge in [0.25, 0.3) is 5.91 Å². The molecule has 0 aromatic heterocycles. The molecule has 43 heavy (non-hydrogen) atoms. The Kier molecular flexibility index (Phi) is 12.2. The zero-order valence-corrected chi connectivity index (χ0v) is 26.9. The number of unbranched alkanes of at least 4 members (excludes halogenated alkanes) is 3. The van der Waals surface area contributed by atoms with Crippen molar-refractivity contribution in [3.63, 3.8) is 0 Å². The number of nitrogens with one attached hydrogen (secondary N) is 2.